The number of thiophene rings is 1. The van der Waals surface area contributed by atoms with Crippen molar-refractivity contribution in [2.24, 2.45) is 0 Å². The third-order valence-electron chi connectivity index (χ3n) is 4.90. The second kappa shape index (κ2) is 10.2. The number of anilines is 1. The predicted octanol–water partition coefficient (Wildman–Crippen LogP) is 4.11. The summed E-state index contributed by atoms with van der Waals surface area (Å²) in [5, 5.41) is 10.9. The minimum atomic E-state index is -0.242. The molecule has 0 saturated carbocycles. The average molecular weight is 422 g/mol. The van der Waals surface area contributed by atoms with Gasteiger partial charge in [-0.2, -0.15) is 0 Å². The second-order valence-electron chi connectivity index (χ2n) is 7.33. The maximum absolute atomic E-state index is 12.3. The van der Waals surface area contributed by atoms with Gasteiger partial charge < -0.3 is 10.6 Å². The summed E-state index contributed by atoms with van der Waals surface area (Å²) in [4.78, 5) is 25.7. The molecule has 3 N–H and O–H groups in total. The third-order valence-corrected chi connectivity index (χ3v) is 5.83. The normalized spacial score (nSPS) is 11.7. The van der Waals surface area contributed by atoms with Gasteiger partial charge in [0.05, 0.1) is 19.1 Å². The lowest BCUT2D eigenvalue weighted by atomic mass is 10.0. The van der Waals surface area contributed by atoms with Crippen LogP contribution in [-0.4, -0.2) is 24.9 Å². The Labute approximate surface area is 181 Å². The third kappa shape index (κ3) is 5.78. The van der Waals surface area contributed by atoms with Crippen LogP contribution in [0.4, 0.5) is 5.69 Å². The molecule has 0 aliphatic rings. The van der Waals surface area contributed by atoms with Gasteiger partial charge in [-0.25, -0.2) is 0 Å². The summed E-state index contributed by atoms with van der Waals surface area (Å²) in [5.74, 6) is -0.464. The summed E-state index contributed by atoms with van der Waals surface area (Å²) in [5.41, 5.74) is 5.08. The van der Waals surface area contributed by atoms with Crippen LogP contribution in [0.15, 0.2) is 60.0 Å². The average Bonchev–Trinajstić information content (AvgIpc) is 3.25. The molecule has 0 saturated heterocycles. The Bertz CT molecular complexity index is 978. The molecule has 0 aliphatic carbocycles. The zero-order valence-corrected chi connectivity index (χ0v) is 18.3. The van der Waals surface area contributed by atoms with E-state index in [1.54, 1.807) is 11.3 Å². The van der Waals surface area contributed by atoms with Crippen molar-refractivity contribution in [3.8, 4) is 0 Å². The Morgan fingerprint density at radius 1 is 0.867 bits per heavy atom. The first kappa shape index (κ1) is 21.7. The zero-order valence-electron chi connectivity index (χ0n) is 17.5. The fourth-order valence-electron chi connectivity index (χ4n) is 3.23. The molecule has 0 spiro atoms. The molecule has 30 heavy (non-hydrogen) atoms. The number of hydrogen-bond donors (Lipinski definition) is 3. The first-order valence-corrected chi connectivity index (χ1v) is 10.8. The summed E-state index contributed by atoms with van der Waals surface area (Å²) in [6.45, 7) is 5.99. The van der Waals surface area contributed by atoms with E-state index in [4.69, 9.17) is 0 Å². The summed E-state index contributed by atoms with van der Waals surface area (Å²) in [6, 6.07) is 18.1. The van der Waals surface area contributed by atoms with Crippen molar-refractivity contribution in [3.05, 3.63) is 87.1 Å². The van der Waals surface area contributed by atoms with E-state index < -0.39 is 0 Å². The Kier molecular flexibility index (Phi) is 7.38. The standard InChI is InChI=1S/C24H27N3O2S/c1-16-9-11-19(12-10-16)24(20-8-5-13-30-20)26-14-21(28)25-15-22(29)27-23-17(2)6-4-7-18(23)3/h4-13,24,26H,14-15H2,1-3H3,(H,25,28)(H,27,29)/t24-/m1/s1. The van der Waals surface area contributed by atoms with Gasteiger partial charge in [0.1, 0.15) is 0 Å². The molecule has 2 amide bonds. The van der Waals surface area contributed by atoms with Crippen LogP contribution in [0.1, 0.15) is 33.2 Å². The van der Waals surface area contributed by atoms with Gasteiger partial charge >= 0.3 is 0 Å². The van der Waals surface area contributed by atoms with Crippen LogP contribution in [0, 0.1) is 20.8 Å². The summed E-state index contributed by atoms with van der Waals surface area (Å²) in [7, 11) is 0. The maximum atomic E-state index is 12.3. The zero-order chi connectivity index (χ0) is 21.5. The number of para-hydroxylation sites is 1. The molecule has 0 radical (unpaired) electrons. The molecule has 5 nitrogen and oxygen atoms in total. The number of carbonyl (C=O) groups excluding carboxylic acids is 2. The summed E-state index contributed by atoms with van der Waals surface area (Å²) < 4.78 is 0. The highest BCUT2D eigenvalue weighted by atomic mass is 32.1. The van der Waals surface area contributed by atoms with Crippen molar-refractivity contribution >= 4 is 28.8 Å². The smallest absolute Gasteiger partial charge is 0.243 e. The van der Waals surface area contributed by atoms with Crippen LogP contribution < -0.4 is 16.0 Å². The Hall–Kier alpha value is -2.96. The van der Waals surface area contributed by atoms with Crippen molar-refractivity contribution < 1.29 is 9.59 Å². The van der Waals surface area contributed by atoms with Crippen LogP contribution in [0.3, 0.4) is 0 Å². The molecule has 0 bridgehead atoms. The van der Waals surface area contributed by atoms with Gasteiger partial charge in [-0.1, -0.05) is 54.1 Å². The van der Waals surface area contributed by atoms with Crippen LogP contribution in [0.2, 0.25) is 0 Å². The molecule has 1 atom stereocenters. The van der Waals surface area contributed by atoms with E-state index in [2.05, 4.69) is 46.3 Å². The first-order valence-electron chi connectivity index (χ1n) is 9.90. The second-order valence-corrected chi connectivity index (χ2v) is 8.31. The fraction of sp³-hybridized carbons (Fsp3) is 0.250. The van der Waals surface area contributed by atoms with Crippen molar-refractivity contribution in [3.63, 3.8) is 0 Å². The van der Waals surface area contributed by atoms with Crippen LogP contribution in [-0.2, 0) is 9.59 Å². The predicted molar refractivity (Wildman–Crippen MR) is 123 cm³/mol. The topological polar surface area (TPSA) is 70.2 Å². The molecule has 0 unspecified atom stereocenters. The Balaban J connectivity index is 1.54. The molecule has 3 aromatic rings. The molecule has 0 aliphatic heterocycles. The number of carbonyl (C=O) groups is 2. The lowest BCUT2D eigenvalue weighted by molar-refractivity contribution is -0.123. The van der Waals surface area contributed by atoms with Gasteiger partial charge in [0.15, 0.2) is 0 Å². The number of nitrogens with one attached hydrogen (secondary N) is 3. The van der Waals surface area contributed by atoms with Gasteiger partial charge in [-0.05, 0) is 48.9 Å². The number of benzene rings is 2. The number of rotatable bonds is 8. The molecular weight excluding hydrogens is 394 g/mol. The molecular formula is C24H27N3O2S. The van der Waals surface area contributed by atoms with Crippen molar-refractivity contribution in [2.75, 3.05) is 18.4 Å². The number of hydrogen-bond acceptors (Lipinski definition) is 4. The molecule has 6 heteroatoms. The van der Waals surface area contributed by atoms with Crippen molar-refractivity contribution in [1.82, 2.24) is 10.6 Å². The van der Waals surface area contributed by atoms with E-state index in [-0.39, 0.29) is 30.9 Å². The van der Waals surface area contributed by atoms with E-state index in [0.717, 1.165) is 27.3 Å². The van der Waals surface area contributed by atoms with E-state index in [9.17, 15) is 9.59 Å². The van der Waals surface area contributed by atoms with Gasteiger partial charge in [0.25, 0.3) is 0 Å². The largest absolute Gasteiger partial charge is 0.346 e. The van der Waals surface area contributed by atoms with Gasteiger partial charge in [0, 0.05) is 10.6 Å². The number of amides is 2. The summed E-state index contributed by atoms with van der Waals surface area (Å²) >= 11 is 1.65. The number of aryl methyl sites for hydroxylation is 3. The van der Waals surface area contributed by atoms with E-state index in [1.807, 2.05) is 50.4 Å². The maximum Gasteiger partial charge on any atom is 0.243 e. The molecule has 1 aromatic heterocycles. The van der Waals surface area contributed by atoms with Crippen molar-refractivity contribution in [2.45, 2.75) is 26.8 Å². The first-order chi connectivity index (χ1) is 14.4. The molecule has 0 fully saturated rings. The molecule has 3 rings (SSSR count). The lowest BCUT2D eigenvalue weighted by Crippen LogP contribution is -2.39. The van der Waals surface area contributed by atoms with E-state index in [1.165, 1.54) is 5.56 Å². The SMILES string of the molecule is Cc1ccc([C@@H](NCC(=O)NCC(=O)Nc2c(C)cccc2C)c2cccs2)cc1. The fourth-order valence-corrected chi connectivity index (χ4v) is 4.06. The van der Waals surface area contributed by atoms with E-state index >= 15 is 0 Å². The van der Waals surface area contributed by atoms with Gasteiger partial charge in [-0.15, -0.1) is 11.3 Å². The van der Waals surface area contributed by atoms with Crippen LogP contribution in [0.5, 0.6) is 0 Å². The Morgan fingerprint density at radius 2 is 1.57 bits per heavy atom. The Morgan fingerprint density at radius 3 is 2.20 bits per heavy atom. The highest BCUT2D eigenvalue weighted by Gasteiger charge is 2.16. The highest BCUT2D eigenvalue weighted by Crippen LogP contribution is 2.26. The van der Waals surface area contributed by atoms with Gasteiger partial charge in [-0.3, -0.25) is 14.9 Å². The van der Waals surface area contributed by atoms with Crippen molar-refractivity contribution in [1.29, 1.82) is 0 Å². The monoisotopic (exact) mass is 421 g/mol. The minimum absolute atomic E-state index is 0.0670. The van der Waals surface area contributed by atoms with Gasteiger partial charge in [0.2, 0.25) is 11.8 Å². The molecule has 2 aromatic carbocycles. The quantitative estimate of drug-likeness (QED) is 0.513. The van der Waals surface area contributed by atoms with E-state index in [0.29, 0.717) is 0 Å². The lowest BCUT2D eigenvalue weighted by Gasteiger charge is -2.18. The summed E-state index contributed by atoms with van der Waals surface area (Å²) in [6.07, 6.45) is 0. The highest BCUT2D eigenvalue weighted by molar-refractivity contribution is 7.10. The molecule has 156 valence electrons. The van der Waals surface area contributed by atoms with Crippen LogP contribution in [0.25, 0.3) is 0 Å². The molecule has 1 heterocycles. The minimum Gasteiger partial charge on any atom is -0.346 e. The van der Waals surface area contributed by atoms with Crippen LogP contribution >= 0.6 is 11.3 Å².